The topological polar surface area (TPSA) is 69.2 Å². The Bertz CT molecular complexity index is 1040. The van der Waals surface area contributed by atoms with Crippen LogP contribution in [0.2, 0.25) is 0 Å². The van der Waals surface area contributed by atoms with Gasteiger partial charge in [0.15, 0.2) is 18.1 Å². The van der Waals surface area contributed by atoms with Crippen LogP contribution in [0, 0.1) is 6.92 Å². The van der Waals surface area contributed by atoms with Crippen molar-refractivity contribution in [2.75, 3.05) is 13.7 Å². The van der Waals surface area contributed by atoms with Crippen LogP contribution in [0.1, 0.15) is 16.7 Å². The molecule has 0 aliphatic rings. The fourth-order valence-corrected chi connectivity index (χ4v) is 3.25. The molecule has 160 valence electrons. The molecular formula is C24H23BrN2O4. The third-order valence-corrected chi connectivity index (χ3v) is 4.86. The Balaban J connectivity index is 1.58. The largest absolute Gasteiger partial charge is 0.493 e. The molecule has 0 aliphatic carbocycles. The van der Waals surface area contributed by atoms with E-state index in [0.717, 1.165) is 15.6 Å². The SMILES string of the molecule is COc1cc(/C=N\NC(=O)COc2ccccc2)cc(Br)c1OCc1ccc(C)cc1. The van der Waals surface area contributed by atoms with Crippen molar-refractivity contribution in [3.63, 3.8) is 0 Å². The van der Waals surface area contributed by atoms with Crippen molar-refractivity contribution in [3.8, 4) is 17.2 Å². The zero-order valence-electron chi connectivity index (χ0n) is 17.3. The van der Waals surface area contributed by atoms with E-state index >= 15 is 0 Å². The number of hydrazone groups is 1. The van der Waals surface area contributed by atoms with Gasteiger partial charge >= 0.3 is 0 Å². The van der Waals surface area contributed by atoms with Crippen LogP contribution in [0.4, 0.5) is 0 Å². The van der Waals surface area contributed by atoms with Crippen molar-refractivity contribution in [1.82, 2.24) is 5.43 Å². The molecule has 0 aromatic heterocycles. The molecule has 0 bridgehead atoms. The Hall–Kier alpha value is -3.32. The van der Waals surface area contributed by atoms with Crippen molar-refractivity contribution < 1.29 is 19.0 Å². The predicted molar refractivity (Wildman–Crippen MR) is 124 cm³/mol. The van der Waals surface area contributed by atoms with Crippen molar-refractivity contribution in [1.29, 1.82) is 0 Å². The normalized spacial score (nSPS) is 10.7. The van der Waals surface area contributed by atoms with E-state index in [9.17, 15) is 4.79 Å². The van der Waals surface area contributed by atoms with Gasteiger partial charge in [-0.3, -0.25) is 4.79 Å². The van der Waals surface area contributed by atoms with Crippen LogP contribution in [-0.4, -0.2) is 25.8 Å². The maximum Gasteiger partial charge on any atom is 0.277 e. The molecule has 3 aromatic carbocycles. The van der Waals surface area contributed by atoms with E-state index in [1.807, 2.05) is 55.5 Å². The number of benzene rings is 3. The number of halogens is 1. The van der Waals surface area contributed by atoms with E-state index in [1.165, 1.54) is 11.8 Å². The molecule has 0 spiro atoms. The molecule has 1 N–H and O–H groups in total. The molecule has 7 heteroatoms. The molecule has 0 saturated heterocycles. The van der Waals surface area contributed by atoms with E-state index in [-0.39, 0.29) is 12.5 Å². The highest BCUT2D eigenvalue weighted by molar-refractivity contribution is 9.10. The number of hydrogen-bond donors (Lipinski definition) is 1. The van der Waals surface area contributed by atoms with Crippen molar-refractivity contribution in [3.05, 3.63) is 87.9 Å². The third kappa shape index (κ3) is 6.86. The summed E-state index contributed by atoms with van der Waals surface area (Å²) < 4.78 is 17.5. The number of para-hydroxylation sites is 1. The van der Waals surface area contributed by atoms with Gasteiger partial charge < -0.3 is 14.2 Å². The third-order valence-electron chi connectivity index (χ3n) is 4.27. The lowest BCUT2D eigenvalue weighted by Crippen LogP contribution is -2.24. The maximum absolute atomic E-state index is 11.9. The quantitative estimate of drug-likeness (QED) is 0.348. The Kier molecular flexibility index (Phi) is 8.06. The fourth-order valence-electron chi connectivity index (χ4n) is 2.67. The van der Waals surface area contributed by atoms with E-state index < -0.39 is 0 Å². The lowest BCUT2D eigenvalue weighted by Gasteiger charge is -2.13. The van der Waals surface area contributed by atoms with E-state index in [1.54, 1.807) is 25.3 Å². The number of methoxy groups -OCH3 is 1. The molecule has 1 amide bonds. The summed E-state index contributed by atoms with van der Waals surface area (Å²) in [5.41, 5.74) is 5.43. The van der Waals surface area contributed by atoms with Crippen LogP contribution in [-0.2, 0) is 11.4 Å². The number of carbonyl (C=O) groups excluding carboxylic acids is 1. The van der Waals surface area contributed by atoms with Gasteiger partial charge in [0.1, 0.15) is 12.4 Å². The molecule has 0 radical (unpaired) electrons. The lowest BCUT2D eigenvalue weighted by atomic mass is 10.2. The van der Waals surface area contributed by atoms with Crippen molar-refractivity contribution in [2.45, 2.75) is 13.5 Å². The van der Waals surface area contributed by atoms with Gasteiger partial charge in [-0.05, 0) is 58.2 Å². The fraction of sp³-hybridized carbons (Fsp3) is 0.167. The smallest absolute Gasteiger partial charge is 0.277 e. The van der Waals surface area contributed by atoms with Crippen molar-refractivity contribution >= 4 is 28.1 Å². The van der Waals surface area contributed by atoms with Crippen LogP contribution in [0.5, 0.6) is 17.2 Å². The van der Waals surface area contributed by atoms with Crippen LogP contribution in [0.25, 0.3) is 0 Å². The van der Waals surface area contributed by atoms with Gasteiger partial charge in [-0.25, -0.2) is 5.43 Å². The van der Waals surface area contributed by atoms with E-state index in [4.69, 9.17) is 14.2 Å². The second-order valence-electron chi connectivity index (χ2n) is 6.70. The number of aryl methyl sites for hydroxylation is 1. The monoisotopic (exact) mass is 482 g/mol. The summed E-state index contributed by atoms with van der Waals surface area (Å²) in [5.74, 6) is 1.42. The Morgan fingerprint density at radius 2 is 1.81 bits per heavy atom. The lowest BCUT2D eigenvalue weighted by molar-refractivity contribution is -0.123. The molecule has 0 atom stereocenters. The number of rotatable bonds is 9. The van der Waals surface area contributed by atoms with Gasteiger partial charge in [-0.1, -0.05) is 48.0 Å². The summed E-state index contributed by atoms with van der Waals surface area (Å²) in [4.78, 5) is 11.9. The number of hydrogen-bond acceptors (Lipinski definition) is 5. The first-order chi connectivity index (χ1) is 15.0. The Morgan fingerprint density at radius 3 is 2.52 bits per heavy atom. The molecule has 0 aliphatic heterocycles. The summed E-state index contributed by atoms with van der Waals surface area (Å²) in [7, 11) is 1.57. The average molecular weight is 483 g/mol. The number of ether oxygens (including phenoxy) is 3. The highest BCUT2D eigenvalue weighted by Gasteiger charge is 2.12. The second-order valence-corrected chi connectivity index (χ2v) is 7.56. The first-order valence-electron chi connectivity index (χ1n) is 9.61. The molecule has 0 saturated carbocycles. The van der Waals surface area contributed by atoms with Crippen LogP contribution in [0.15, 0.2) is 76.3 Å². The van der Waals surface area contributed by atoms with Gasteiger partial charge in [-0.2, -0.15) is 5.10 Å². The highest BCUT2D eigenvalue weighted by atomic mass is 79.9. The first-order valence-corrected chi connectivity index (χ1v) is 10.4. The standard InChI is InChI=1S/C24H23BrN2O4/c1-17-8-10-18(11-9-17)15-31-24-21(25)12-19(13-22(24)29-2)14-26-27-23(28)16-30-20-6-4-3-5-7-20/h3-14H,15-16H2,1-2H3,(H,27,28)/b26-14-. The van der Waals surface area contributed by atoms with Gasteiger partial charge in [0.2, 0.25) is 0 Å². The summed E-state index contributed by atoms with van der Waals surface area (Å²) >= 11 is 3.52. The number of nitrogens with zero attached hydrogens (tertiary/aromatic N) is 1. The minimum atomic E-state index is -0.357. The minimum Gasteiger partial charge on any atom is -0.493 e. The molecule has 31 heavy (non-hydrogen) atoms. The molecule has 6 nitrogen and oxygen atoms in total. The van der Waals surface area contributed by atoms with Gasteiger partial charge in [0.05, 0.1) is 17.8 Å². The first kappa shape index (κ1) is 22.4. The van der Waals surface area contributed by atoms with Gasteiger partial charge in [-0.15, -0.1) is 0 Å². The zero-order chi connectivity index (χ0) is 22.1. The van der Waals surface area contributed by atoms with E-state index in [0.29, 0.717) is 23.9 Å². The maximum atomic E-state index is 11.9. The Morgan fingerprint density at radius 1 is 1.06 bits per heavy atom. The van der Waals surface area contributed by atoms with Gasteiger partial charge in [0, 0.05) is 0 Å². The predicted octanol–water partition coefficient (Wildman–Crippen LogP) is 4.87. The van der Waals surface area contributed by atoms with E-state index in [2.05, 4.69) is 26.5 Å². The summed E-state index contributed by atoms with van der Waals surface area (Å²) in [6, 6.07) is 20.9. The van der Waals surface area contributed by atoms with Crippen LogP contribution in [0.3, 0.4) is 0 Å². The number of amides is 1. The zero-order valence-corrected chi connectivity index (χ0v) is 18.9. The second kappa shape index (κ2) is 11.2. The molecule has 3 rings (SSSR count). The van der Waals surface area contributed by atoms with Gasteiger partial charge in [0.25, 0.3) is 5.91 Å². The molecule has 3 aromatic rings. The highest BCUT2D eigenvalue weighted by Crippen LogP contribution is 2.36. The average Bonchev–Trinajstić information content (AvgIpc) is 2.78. The molecule has 0 unspecified atom stereocenters. The number of carbonyl (C=O) groups is 1. The summed E-state index contributed by atoms with van der Waals surface area (Å²) in [6.07, 6.45) is 1.53. The van der Waals surface area contributed by atoms with Crippen LogP contribution >= 0.6 is 15.9 Å². The molecule has 0 fully saturated rings. The minimum absolute atomic E-state index is 0.125. The summed E-state index contributed by atoms with van der Waals surface area (Å²) in [5, 5.41) is 3.98. The van der Waals surface area contributed by atoms with Crippen LogP contribution < -0.4 is 19.6 Å². The molecule has 0 heterocycles. The summed E-state index contributed by atoms with van der Waals surface area (Å²) in [6.45, 7) is 2.34. The molecular weight excluding hydrogens is 460 g/mol. The number of nitrogens with one attached hydrogen (secondary N) is 1. The Labute approximate surface area is 190 Å². The van der Waals surface area contributed by atoms with Crippen molar-refractivity contribution in [2.24, 2.45) is 5.10 Å².